The molecule has 0 aliphatic heterocycles. The fraction of sp³-hybridized carbons (Fsp3) is 0.600. The van der Waals surface area contributed by atoms with Gasteiger partial charge in [0, 0.05) is 12.6 Å². The first-order valence-electron chi connectivity index (χ1n) is 6.81. The van der Waals surface area contributed by atoms with E-state index in [0.717, 1.165) is 12.8 Å². The predicted octanol–water partition coefficient (Wildman–Crippen LogP) is 3.11. The van der Waals surface area contributed by atoms with E-state index in [1.165, 1.54) is 11.1 Å². The van der Waals surface area contributed by atoms with Crippen molar-refractivity contribution in [3.8, 4) is 0 Å². The molecule has 1 N–H and O–H groups in total. The van der Waals surface area contributed by atoms with Gasteiger partial charge in [0.15, 0.2) is 0 Å². The molecule has 1 fully saturated rings. The smallest absolute Gasteiger partial charge is 0.261 e. The monoisotopic (exact) mass is 269 g/mol. The molecular weight excluding hydrogens is 248 g/mol. The summed E-state index contributed by atoms with van der Waals surface area (Å²) in [5, 5.41) is 3.34. The molecule has 1 aliphatic rings. The van der Waals surface area contributed by atoms with Crippen molar-refractivity contribution in [1.82, 2.24) is 5.32 Å². The molecule has 0 aromatic heterocycles. The number of hydrogen-bond donors (Lipinski definition) is 1. The van der Waals surface area contributed by atoms with Gasteiger partial charge in [0.2, 0.25) is 0 Å². The Morgan fingerprint density at radius 3 is 2.84 bits per heavy atom. The summed E-state index contributed by atoms with van der Waals surface area (Å²) in [7, 11) is 0. The van der Waals surface area contributed by atoms with Crippen LogP contribution in [0.1, 0.15) is 29.9 Å². The van der Waals surface area contributed by atoms with Crippen LogP contribution in [0.3, 0.4) is 0 Å². The maximum Gasteiger partial charge on any atom is 0.261 e. The summed E-state index contributed by atoms with van der Waals surface area (Å²) in [5.74, 6) is 0.638. The summed E-state index contributed by atoms with van der Waals surface area (Å²) in [4.78, 5) is 0. The van der Waals surface area contributed by atoms with Crippen molar-refractivity contribution in [2.75, 3.05) is 19.8 Å². The van der Waals surface area contributed by atoms with Gasteiger partial charge in [0.05, 0.1) is 6.61 Å². The van der Waals surface area contributed by atoms with Crippen molar-refractivity contribution in [2.24, 2.45) is 0 Å². The van der Waals surface area contributed by atoms with Crippen LogP contribution in [-0.2, 0) is 4.74 Å². The number of alkyl halides is 2. The third-order valence-corrected chi connectivity index (χ3v) is 3.57. The molecule has 0 spiro atoms. The van der Waals surface area contributed by atoms with E-state index in [0.29, 0.717) is 25.1 Å². The lowest BCUT2D eigenvalue weighted by molar-refractivity contribution is 0.0174. The predicted molar refractivity (Wildman–Crippen MR) is 71.8 cm³/mol. The van der Waals surface area contributed by atoms with Crippen LogP contribution in [0.15, 0.2) is 24.3 Å². The number of nitrogens with one attached hydrogen (secondary N) is 1. The fourth-order valence-corrected chi connectivity index (χ4v) is 2.49. The van der Waals surface area contributed by atoms with E-state index in [1.807, 2.05) is 0 Å². The topological polar surface area (TPSA) is 21.3 Å². The molecule has 1 aromatic rings. The largest absolute Gasteiger partial charge is 0.374 e. The van der Waals surface area contributed by atoms with E-state index in [1.54, 1.807) is 0 Å². The van der Waals surface area contributed by atoms with Gasteiger partial charge in [-0.15, -0.1) is 0 Å². The molecule has 0 heterocycles. The average molecular weight is 269 g/mol. The Kier molecular flexibility index (Phi) is 5.28. The second-order valence-corrected chi connectivity index (χ2v) is 5.20. The highest BCUT2D eigenvalue weighted by Gasteiger charge is 2.29. The van der Waals surface area contributed by atoms with Gasteiger partial charge < -0.3 is 10.1 Å². The molecule has 106 valence electrons. The van der Waals surface area contributed by atoms with Crippen molar-refractivity contribution >= 4 is 0 Å². The highest BCUT2D eigenvalue weighted by atomic mass is 19.3. The highest BCUT2D eigenvalue weighted by molar-refractivity contribution is 5.27. The summed E-state index contributed by atoms with van der Waals surface area (Å²) in [6.07, 6.45) is -0.120. The van der Waals surface area contributed by atoms with Crippen LogP contribution in [-0.4, -0.2) is 32.2 Å². The van der Waals surface area contributed by atoms with E-state index in [4.69, 9.17) is 4.74 Å². The molecule has 19 heavy (non-hydrogen) atoms. The van der Waals surface area contributed by atoms with Gasteiger partial charge in [-0.05, 0) is 31.2 Å². The van der Waals surface area contributed by atoms with Gasteiger partial charge in [-0.25, -0.2) is 8.78 Å². The minimum absolute atomic E-state index is 0.357. The Bertz CT molecular complexity index is 391. The Morgan fingerprint density at radius 2 is 2.16 bits per heavy atom. The quantitative estimate of drug-likeness (QED) is 0.768. The fourth-order valence-electron chi connectivity index (χ4n) is 2.49. The summed E-state index contributed by atoms with van der Waals surface area (Å²) < 4.78 is 28.5. The second-order valence-electron chi connectivity index (χ2n) is 5.20. The van der Waals surface area contributed by atoms with E-state index < -0.39 is 13.0 Å². The summed E-state index contributed by atoms with van der Waals surface area (Å²) in [6.45, 7) is 2.66. The summed E-state index contributed by atoms with van der Waals surface area (Å²) in [5.41, 5.74) is 2.71. The van der Waals surface area contributed by atoms with Crippen molar-refractivity contribution < 1.29 is 13.5 Å². The number of halogens is 2. The zero-order valence-corrected chi connectivity index (χ0v) is 11.2. The molecule has 0 atom stereocenters. The number of aryl methyl sites for hydroxylation is 1. The van der Waals surface area contributed by atoms with Gasteiger partial charge in [-0.3, -0.25) is 0 Å². The normalized spacial score (nSPS) is 22.5. The average Bonchev–Trinajstić information content (AvgIpc) is 2.30. The lowest BCUT2D eigenvalue weighted by Crippen LogP contribution is -2.41. The van der Waals surface area contributed by atoms with Crippen molar-refractivity contribution in [1.29, 1.82) is 0 Å². The third-order valence-electron chi connectivity index (χ3n) is 3.57. The number of benzene rings is 1. The van der Waals surface area contributed by atoms with E-state index in [2.05, 4.69) is 36.5 Å². The van der Waals surface area contributed by atoms with Crippen molar-refractivity contribution in [2.45, 2.75) is 38.2 Å². The second kappa shape index (κ2) is 6.96. The van der Waals surface area contributed by atoms with Gasteiger partial charge >= 0.3 is 0 Å². The molecule has 1 saturated carbocycles. The lowest BCUT2D eigenvalue weighted by Gasteiger charge is -2.36. The van der Waals surface area contributed by atoms with Gasteiger partial charge in [-0.2, -0.15) is 0 Å². The van der Waals surface area contributed by atoms with E-state index in [9.17, 15) is 8.78 Å². The minimum Gasteiger partial charge on any atom is -0.374 e. The van der Waals surface area contributed by atoms with E-state index in [-0.39, 0.29) is 0 Å². The Hall–Kier alpha value is -1.00. The zero-order valence-electron chi connectivity index (χ0n) is 11.2. The molecule has 2 nitrogen and oxygen atoms in total. The SMILES string of the molecule is Cc1cccc(C2CC(NCCOCC(F)F)C2)c1. The molecule has 0 bridgehead atoms. The van der Waals surface area contributed by atoms with Crippen LogP contribution in [0.2, 0.25) is 0 Å². The molecular formula is C15H21F2NO. The first-order chi connectivity index (χ1) is 9.15. The van der Waals surface area contributed by atoms with Crippen LogP contribution in [0.25, 0.3) is 0 Å². The summed E-state index contributed by atoms with van der Waals surface area (Å²) >= 11 is 0. The molecule has 4 heteroatoms. The third kappa shape index (κ3) is 4.55. The van der Waals surface area contributed by atoms with Crippen LogP contribution in [0.5, 0.6) is 0 Å². The van der Waals surface area contributed by atoms with Gasteiger partial charge in [0.1, 0.15) is 6.61 Å². The standard InChI is InChI=1S/C15H21F2NO/c1-11-3-2-4-12(7-11)13-8-14(9-13)18-5-6-19-10-15(16)17/h2-4,7,13-15,18H,5-6,8-10H2,1H3. The highest BCUT2D eigenvalue weighted by Crippen LogP contribution is 2.36. The number of ether oxygens (including phenoxy) is 1. The number of rotatable bonds is 7. The van der Waals surface area contributed by atoms with Crippen LogP contribution in [0, 0.1) is 6.92 Å². The molecule has 0 saturated heterocycles. The van der Waals surface area contributed by atoms with E-state index >= 15 is 0 Å². The maximum atomic E-state index is 11.8. The molecule has 2 rings (SSSR count). The first-order valence-corrected chi connectivity index (χ1v) is 6.81. The number of hydrogen-bond acceptors (Lipinski definition) is 2. The Balaban J connectivity index is 1.59. The van der Waals surface area contributed by atoms with Gasteiger partial charge in [-0.1, -0.05) is 29.8 Å². The zero-order chi connectivity index (χ0) is 13.7. The van der Waals surface area contributed by atoms with Gasteiger partial charge in [0.25, 0.3) is 6.43 Å². The van der Waals surface area contributed by atoms with Crippen LogP contribution in [0.4, 0.5) is 8.78 Å². The molecule has 1 aliphatic carbocycles. The first kappa shape index (κ1) is 14.4. The van der Waals surface area contributed by atoms with Crippen LogP contribution < -0.4 is 5.32 Å². The van der Waals surface area contributed by atoms with Crippen molar-refractivity contribution in [3.63, 3.8) is 0 Å². The molecule has 0 amide bonds. The van der Waals surface area contributed by atoms with Crippen LogP contribution >= 0.6 is 0 Å². The maximum absolute atomic E-state index is 11.8. The Labute approximate surface area is 113 Å². The Morgan fingerprint density at radius 1 is 1.37 bits per heavy atom. The lowest BCUT2D eigenvalue weighted by atomic mass is 9.75. The minimum atomic E-state index is -2.37. The summed E-state index contributed by atoms with van der Waals surface area (Å²) in [6, 6.07) is 9.13. The van der Waals surface area contributed by atoms with Crippen molar-refractivity contribution in [3.05, 3.63) is 35.4 Å². The molecule has 0 unspecified atom stereocenters. The molecule has 0 radical (unpaired) electrons. The molecule has 1 aromatic carbocycles.